The van der Waals surface area contributed by atoms with E-state index < -0.39 is 13.3 Å². The van der Waals surface area contributed by atoms with E-state index in [4.69, 9.17) is 9.47 Å². The molecule has 0 aliphatic rings. The van der Waals surface area contributed by atoms with E-state index in [2.05, 4.69) is 0 Å². The maximum Gasteiger partial charge on any atom is 0.223 e. The number of carbonyl (C=O) groups is 2. The van der Waals surface area contributed by atoms with Crippen molar-refractivity contribution in [2.75, 3.05) is 14.2 Å². The SMILES string of the molecule is COc1ccc([PH](=O)C(=O)c2c(C)cccc2C)c(OC)c1C(=O)c1ccccc1. The van der Waals surface area contributed by atoms with E-state index in [1.54, 1.807) is 30.3 Å². The van der Waals surface area contributed by atoms with Gasteiger partial charge in [0.15, 0.2) is 7.80 Å². The zero-order valence-electron chi connectivity index (χ0n) is 17.3. The maximum atomic E-state index is 13.3. The molecule has 154 valence electrons. The van der Waals surface area contributed by atoms with Gasteiger partial charge in [-0.1, -0.05) is 48.5 Å². The van der Waals surface area contributed by atoms with E-state index in [9.17, 15) is 14.2 Å². The first-order valence-electron chi connectivity index (χ1n) is 9.40. The molecule has 0 aromatic heterocycles. The van der Waals surface area contributed by atoms with Crippen LogP contribution in [0.4, 0.5) is 0 Å². The standard InChI is InChI=1S/C24H23O5P/c1-15-9-8-10-16(2)20(15)24(26)30(27)19-14-13-18(28-3)21(23(19)29-4)22(25)17-11-6-5-7-12-17/h5-14,30H,1-4H3. The third-order valence-corrected chi connectivity index (χ3v) is 6.51. The van der Waals surface area contributed by atoms with Crippen LogP contribution >= 0.6 is 7.80 Å². The largest absolute Gasteiger partial charge is 0.496 e. The van der Waals surface area contributed by atoms with Gasteiger partial charge < -0.3 is 14.0 Å². The van der Waals surface area contributed by atoms with Crippen molar-refractivity contribution in [1.29, 1.82) is 0 Å². The summed E-state index contributed by atoms with van der Waals surface area (Å²) >= 11 is 0. The van der Waals surface area contributed by atoms with Crippen LogP contribution in [0.1, 0.15) is 37.4 Å². The van der Waals surface area contributed by atoms with Crippen molar-refractivity contribution in [3.05, 3.63) is 88.5 Å². The molecule has 0 fully saturated rings. The van der Waals surface area contributed by atoms with Gasteiger partial charge in [0.2, 0.25) is 11.3 Å². The highest BCUT2D eigenvalue weighted by molar-refractivity contribution is 7.71. The first-order chi connectivity index (χ1) is 14.4. The Bertz CT molecular complexity index is 1120. The van der Waals surface area contributed by atoms with Crippen LogP contribution in [0.5, 0.6) is 11.5 Å². The van der Waals surface area contributed by atoms with Crippen LogP contribution < -0.4 is 14.8 Å². The Morgan fingerprint density at radius 2 is 1.40 bits per heavy atom. The van der Waals surface area contributed by atoms with Crippen molar-refractivity contribution in [1.82, 2.24) is 0 Å². The highest BCUT2D eigenvalue weighted by atomic mass is 31.1. The molecule has 0 heterocycles. The molecule has 0 aliphatic carbocycles. The fraction of sp³-hybridized carbons (Fsp3) is 0.167. The molecule has 0 spiro atoms. The molecule has 0 amide bonds. The molecule has 0 radical (unpaired) electrons. The van der Waals surface area contributed by atoms with Crippen molar-refractivity contribution in [2.24, 2.45) is 0 Å². The minimum atomic E-state index is -2.97. The molecule has 3 rings (SSSR count). The summed E-state index contributed by atoms with van der Waals surface area (Å²) in [5.41, 5.74) is 2.08. The summed E-state index contributed by atoms with van der Waals surface area (Å²) in [5, 5.41) is 0.204. The van der Waals surface area contributed by atoms with Gasteiger partial charge >= 0.3 is 0 Å². The zero-order valence-corrected chi connectivity index (χ0v) is 18.3. The van der Waals surface area contributed by atoms with Crippen LogP contribution in [0.25, 0.3) is 0 Å². The van der Waals surface area contributed by atoms with E-state index in [0.29, 0.717) is 16.9 Å². The lowest BCUT2D eigenvalue weighted by atomic mass is 10.0. The van der Waals surface area contributed by atoms with E-state index in [-0.39, 0.29) is 22.4 Å². The van der Waals surface area contributed by atoms with Crippen LogP contribution in [-0.2, 0) is 4.57 Å². The second-order valence-electron chi connectivity index (χ2n) is 6.84. The number of hydrogen-bond acceptors (Lipinski definition) is 5. The average Bonchev–Trinajstić information content (AvgIpc) is 2.77. The van der Waals surface area contributed by atoms with Crippen molar-refractivity contribution in [3.63, 3.8) is 0 Å². The van der Waals surface area contributed by atoms with Crippen LogP contribution in [0.3, 0.4) is 0 Å². The number of methoxy groups -OCH3 is 2. The number of aryl methyl sites for hydroxylation is 2. The Morgan fingerprint density at radius 1 is 0.767 bits per heavy atom. The quantitative estimate of drug-likeness (QED) is 0.412. The van der Waals surface area contributed by atoms with Gasteiger partial charge in [-0.15, -0.1) is 0 Å². The first-order valence-corrected chi connectivity index (χ1v) is 10.8. The van der Waals surface area contributed by atoms with Gasteiger partial charge in [0.1, 0.15) is 17.1 Å². The summed E-state index contributed by atoms with van der Waals surface area (Å²) in [6, 6.07) is 17.2. The molecule has 0 saturated carbocycles. The fourth-order valence-corrected chi connectivity index (χ4v) is 5.02. The summed E-state index contributed by atoms with van der Waals surface area (Å²) < 4.78 is 24.2. The van der Waals surface area contributed by atoms with E-state index in [1.807, 2.05) is 38.1 Å². The first kappa shape index (κ1) is 21.5. The minimum Gasteiger partial charge on any atom is -0.496 e. The van der Waals surface area contributed by atoms with Crippen molar-refractivity contribution in [3.8, 4) is 11.5 Å². The van der Waals surface area contributed by atoms with E-state index in [0.717, 1.165) is 11.1 Å². The molecule has 5 nitrogen and oxygen atoms in total. The predicted molar refractivity (Wildman–Crippen MR) is 118 cm³/mol. The monoisotopic (exact) mass is 422 g/mol. The van der Waals surface area contributed by atoms with Crippen LogP contribution in [0.2, 0.25) is 0 Å². The predicted octanol–water partition coefficient (Wildman–Crippen LogP) is 4.58. The molecule has 1 unspecified atom stereocenters. The lowest BCUT2D eigenvalue weighted by Gasteiger charge is -2.17. The van der Waals surface area contributed by atoms with E-state index >= 15 is 0 Å². The van der Waals surface area contributed by atoms with Crippen LogP contribution in [-0.4, -0.2) is 25.5 Å². The molecule has 0 saturated heterocycles. The molecule has 3 aromatic rings. The number of rotatable bonds is 7. The number of ether oxygens (including phenoxy) is 2. The lowest BCUT2D eigenvalue weighted by molar-refractivity contribution is 0.103. The van der Waals surface area contributed by atoms with Gasteiger partial charge in [0, 0.05) is 11.1 Å². The molecule has 0 bridgehead atoms. The lowest BCUT2D eigenvalue weighted by Crippen LogP contribution is -2.15. The molecule has 0 N–H and O–H groups in total. The number of benzene rings is 3. The Balaban J connectivity index is 2.16. The Morgan fingerprint density at radius 3 is 1.97 bits per heavy atom. The van der Waals surface area contributed by atoms with Gasteiger partial charge in [0.05, 0.1) is 19.5 Å². The second kappa shape index (κ2) is 9.10. The Kier molecular flexibility index (Phi) is 6.53. The molecular weight excluding hydrogens is 399 g/mol. The van der Waals surface area contributed by atoms with Gasteiger partial charge in [-0.2, -0.15) is 0 Å². The number of hydrogen-bond donors (Lipinski definition) is 0. The zero-order chi connectivity index (χ0) is 21.8. The van der Waals surface area contributed by atoms with E-state index in [1.165, 1.54) is 20.3 Å². The summed E-state index contributed by atoms with van der Waals surface area (Å²) in [6.07, 6.45) is 0. The molecule has 3 aromatic carbocycles. The van der Waals surface area contributed by atoms with Crippen molar-refractivity contribution >= 4 is 24.4 Å². The van der Waals surface area contributed by atoms with Gasteiger partial charge in [-0.25, -0.2) is 0 Å². The number of ketones is 1. The van der Waals surface area contributed by atoms with Gasteiger partial charge in [-0.3, -0.25) is 9.59 Å². The minimum absolute atomic E-state index is 0.103. The topological polar surface area (TPSA) is 69.7 Å². The molecule has 0 aliphatic heterocycles. The van der Waals surface area contributed by atoms with Crippen LogP contribution in [0, 0.1) is 13.8 Å². The Hall–Kier alpha value is -3.17. The number of carbonyl (C=O) groups excluding carboxylic acids is 2. The highest BCUT2D eigenvalue weighted by Crippen LogP contribution is 2.38. The normalized spacial score (nSPS) is 11.6. The smallest absolute Gasteiger partial charge is 0.223 e. The molecule has 30 heavy (non-hydrogen) atoms. The van der Waals surface area contributed by atoms with Gasteiger partial charge in [-0.05, 0) is 37.1 Å². The average molecular weight is 422 g/mol. The molecular formula is C24H23O5P. The summed E-state index contributed by atoms with van der Waals surface area (Å²) in [4.78, 5) is 26.3. The Labute approximate surface area is 176 Å². The van der Waals surface area contributed by atoms with Gasteiger partial charge in [0.25, 0.3) is 0 Å². The fourth-order valence-electron chi connectivity index (χ4n) is 3.48. The summed E-state index contributed by atoms with van der Waals surface area (Å²) in [5.74, 6) is 0.0610. The summed E-state index contributed by atoms with van der Waals surface area (Å²) in [6.45, 7) is 3.62. The molecule has 6 heteroatoms. The molecule has 1 atom stereocenters. The van der Waals surface area contributed by atoms with Crippen molar-refractivity contribution < 1.29 is 23.6 Å². The second-order valence-corrected chi connectivity index (χ2v) is 8.49. The van der Waals surface area contributed by atoms with Crippen LogP contribution in [0.15, 0.2) is 60.7 Å². The third kappa shape index (κ3) is 3.94. The highest BCUT2D eigenvalue weighted by Gasteiger charge is 2.28. The summed E-state index contributed by atoms with van der Waals surface area (Å²) in [7, 11) is -0.133. The maximum absolute atomic E-state index is 13.3. The third-order valence-electron chi connectivity index (χ3n) is 4.97. The van der Waals surface area contributed by atoms with Crippen molar-refractivity contribution in [2.45, 2.75) is 13.8 Å².